The third kappa shape index (κ3) is 3.06. The second-order valence-corrected chi connectivity index (χ2v) is 5.68. The first-order valence-electron chi connectivity index (χ1n) is 7.93. The quantitative estimate of drug-likeness (QED) is 0.803. The van der Waals surface area contributed by atoms with Crippen LogP contribution < -0.4 is 10.7 Å². The summed E-state index contributed by atoms with van der Waals surface area (Å²) in [6.45, 7) is 4.88. The third-order valence-corrected chi connectivity index (χ3v) is 3.95. The van der Waals surface area contributed by atoms with Gasteiger partial charge in [0.2, 0.25) is 5.43 Å². The lowest BCUT2D eigenvalue weighted by molar-refractivity contribution is 0.0943. The molecule has 2 aromatic carbocycles. The largest absolute Gasteiger partial charge is 0.346 e. The van der Waals surface area contributed by atoms with Crippen molar-refractivity contribution in [1.82, 2.24) is 15.1 Å². The second kappa shape index (κ2) is 6.66. The number of benzene rings is 2. The van der Waals surface area contributed by atoms with Crippen LogP contribution in [0.5, 0.6) is 0 Å². The maximum Gasteiger partial charge on any atom is 0.276 e. The van der Waals surface area contributed by atoms with Gasteiger partial charge in [0.25, 0.3) is 5.91 Å². The zero-order valence-electron chi connectivity index (χ0n) is 13.7. The van der Waals surface area contributed by atoms with Crippen LogP contribution in [0, 0.1) is 6.92 Å². The number of carbonyl (C=O) groups is 1. The van der Waals surface area contributed by atoms with E-state index in [2.05, 4.69) is 10.4 Å². The Kier molecular flexibility index (Phi) is 4.42. The van der Waals surface area contributed by atoms with Crippen molar-refractivity contribution in [2.45, 2.75) is 26.9 Å². The number of hydrogen-bond acceptors (Lipinski definition) is 3. The van der Waals surface area contributed by atoms with E-state index in [1.165, 1.54) is 0 Å². The third-order valence-electron chi connectivity index (χ3n) is 3.95. The average molecular weight is 321 g/mol. The minimum Gasteiger partial charge on any atom is -0.346 e. The molecule has 0 aliphatic rings. The Bertz CT molecular complexity index is 943. The standard InChI is InChI=1S/C19H19N3O2/c1-3-22-16-7-5-4-6-15(16)18(23)17(21-22)19(24)20-12-14-10-8-13(2)9-11-14/h4-11H,3,12H2,1-2H3,(H,20,24). The predicted molar refractivity (Wildman–Crippen MR) is 94.0 cm³/mol. The van der Waals surface area contributed by atoms with Crippen LogP contribution in [-0.4, -0.2) is 15.7 Å². The van der Waals surface area contributed by atoms with Crippen LogP contribution in [0.2, 0.25) is 0 Å². The summed E-state index contributed by atoms with van der Waals surface area (Å²) in [7, 11) is 0. The molecule has 0 spiro atoms. The van der Waals surface area contributed by atoms with Gasteiger partial charge in [0.1, 0.15) is 0 Å². The molecule has 3 rings (SSSR count). The van der Waals surface area contributed by atoms with E-state index in [-0.39, 0.29) is 11.1 Å². The molecule has 0 aliphatic heterocycles. The van der Waals surface area contributed by atoms with E-state index in [0.717, 1.165) is 16.6 Å². The van der Waals surface area contributed by atoms with Gasteiger partial charge in [-0.2, -0.15) is 5.10 Å². The van der Waals surface area contributed by atoms with Gasteiger partial charge >= 0.3 is 0 Å². The summed E-state index contributed by atoms with van der Waals surface area (Å²) >= 11 is 0. The lowest BCUT2D eigenvalue weighted by atomic mass is 10.1. The number of aromatic nitrogens is 2. The van der Waals surface area contributed by atoms with Crippen LogP contribution >= 0.6 is 0 Å². The Hall–Kier alpha value is -2.95. The van der Waals surface area contributed by atoms with Crippen molar-refractivity contribution >= 4 is 16.8 Å². The molecule has 1 N–H and O–H groups in total. The Morgan fingerprint density at radius 1 is 1.12 bits per heavy atom. The van der Waals surface area contributed by atoms with Gasteiger partial charge in [-0.3, -0.25) is 14.3 Å². The smallest absolute Gasteiger partial charge is 0.276 e. The summed E-state index contributed by atoms with van der Waals surface area (Å²) < 4.78 is 1.68. The summed E-state index contributed by atoms with van der Waals surface area (Å²) in [6, 6.07) is 15.1. The molecule has 0 fully saturated rings. The van der Waals surface area contributed by atoms with E-state index in [9.17, 15) is 9.59 Å². The molecule has 122 valence electrons. The summed E-state index contributed by atoms with van der Waals surface area (Å²) in [5.41, 5.74) is 2.47. The van der Waals surface area contributed by atoms with E-state index in [0.29, 0.717) is 18.5 Å². The van der Waals surface area contributed by atoms with E-state index in [4.69, 9.17) is 0 Å². The lowest BCUT2D eigenvalue weighted by Crippen LogP contribution is -2.31. The van der Waals surface area contributed by atoms with Gasteiger partial charge < -0.3 is 5.32 Å². The molecule has 3 aromatic rings. The molecule has 0 saturated carbocycles. The van der Waals surface area contributed by atoms with E-state index in [1.54, 1.807) is 16.8 Å². The average Bonchev–Trinajstić information content (AvgIpc) is 2.61. The van der Waals surface area contributed by atoms with Gasteiger partial charge in [0.05, 0.1) is 5.52 Å². The number of fused-ring (bicyclic) bond motifs is 1. The molecule has 0 aliphatic carbocycles. The Morgan fingerprint density at radius 2 is 1.83 bits per heavy atom. The highest BCUT2D eigenvalue weighted by molar-refractivity contribution is 5.95. The number of amides is 1. The Morgan fingerprint density at radius 3 is 2.54 bits per heavy atom. The van der Waals surface area contributed by atoms with Crippen LogP contribution in [0.3, 0.4) is 0 Å². The van der Waals surface area contributed by atoms with Crippen molar-refractivity contribution in [3.63, 3.8) is 0 Å². The SMILES string of the molecule is CCn1nc(C(=O)NCc2ccc(C)cc2)c(=O)c2ccccc21. The van der Waals surface area contributed by atoms with Crippen molar-refractivity contribution in [2.75, 3.05) is 0 Å². The monoisotopic (exact) mass is 321 g/mol. The van der Waals surface area contributed by atoms with Crippen LogP contribution in [0.15, 0.2) is 53.3 Å². The molecule has 1 aromatic heterocycles. The van der Waals surface area contributed by atoms with Crippen molar-refractivity contribution < 1.29 is 4.79 Å². The van der Waals surface area contributed by atoms with Gasteiger partial charge in [-0.25, -0.2) is 0 Å². The molecular formula is C19H19N3O2. The first-order valence-corrected chi connectivity index (χ1v) is 7.93. The number of nitrogens with one attached hydrogen (secondary N) is 1. The van der Waals surface area contributed by atoms with Crippen molar-refractivity contribution in [2.24, 2.45) is 0 Å². The highest BCUT2D eigenvalue weighted by atomic mass is 16.2. The molecule has 0 unspecified atom stereocenters. The first kappa shape index (κ1) is 15.9. The fourth-order valence-corrected chi connectivity index (χ4v) is 2.60. The highest BCUT2D eigenvalue weighted by Crippen LogP contribution is 2.09. The van der Waals surface area contributed by atoms with Gasteiger partial charge in [-0.05, 0) is 31.5 Å². The van der Waals surface area contributed by atoms with Crippen LogP contribution in [-0.2, 0) is 13.1 Å². The molecule has 0 saturated heterocycles. The van der Waals surface area contributed by atoms with E-state index < -0.39 is 5.91 Å². The minimum absolute atomic E-state index is 0.0670. The maximum atomic E-state index is 12.6. The number of rotatable bonds is 4. The molecule has 5 heteroatoms. The second-order valence-electron chi connectivity index (χ2n) is 5.68. The normalized spacial score (nSPS) is 10.8. The molecular weight excluding hydrogens is 302 g/mol. The molecule has 0 bridgehead atoms. The van der Waals surface area contributed by atoms with Crippen LogP contribution in [0.25, 0.3) is 10.9 Å². The maximum absolute atomic E-state index is 12.6. The first-order chi connectivity index (χ1) is 11.6. The highest BCUT2D eigenvalue weighted by Gasteiger charge is 2.16. The molecule has 5 nitrogen and oxygen atoms in total. The van der Waals surface area contributed by atoms with Gasteiger partial charge in [0, 0.05) is 18.5 Å². The number of hydrogen-bond donors (Lipinski definition) is 1. The van der Waals surface area contributed by atoms with Crippen molar-refractivity contribution in [3.8, 4) is 0 Å². The topological polar surface area (TPSA) is 64.0 Å². The van der Waals surface area contributed by atoms with E-state index >= 15 is 0 Å². The fraction of sp³-hybridized carbons (Fsp3) is 0.211. The van der Waals surface area contributed by atoms with Crippen molar-refractivity contribution in [3.05, 3.63) is 75.6 Å². The van der Waals surface area contributed by atoms with Gasteiger partial charge in [-0.1, -0.05) is 42.0 Å². The summed E-state index contributed by atoms with van der Waals surface area (Å²) in [5, 5.41) is 7.52. The fourth-order valence-electron chi connectivity index (χ4n) is 2.60. The Labute approximate surface area is 139 Å². The van der Waals surface area contributed by atoms with Gasteiger partial charge in [-0.15, -0.1) is 0 Å². The summed E-state index contributed by atoms with van der Waals surface area (Å²) in [4.78, 5) is 25.0. The molecule has 1 amide bonds. The van der Waals surface area contributed by atoms with E-state index in [1.807, 2.05) is 50.2 Å². The molecule has 1 heterocycles. The number of carbonyl (C=O) groups excluding carboxylic acids is 1. The molecule has 24 heavy (non-hydrogen) atoms. The lowest BCUT2D eigenvalue weighted by Gasteiger charge is -2.10. The number of para-hydroxylation sites is 1. The zero-order valence-corrected chi connectivity index (χ0v) is 13.7. The molecule has 0 radical (unpaired) electrons. The number of aryl methyl sites for hydroxylation is 2. The zero-order chi connectivity index (χ0) is 17.1. The molecule has 0 atom stereocenters. The van der Waals surface area contributed by atoms with Crippen molar-refractivity contribution in [1.29, 1.82) is 0 Å². The number of nitrogens with zero attached hydrogens (tertiary/aromatic N) is 2. The Balaban J connectivity index is 1.90. The summed E-state index contributed by atoms with van der Waals surface area (Å²) in [6.07, 6.45) is 0. The van der Waals surface area contributed by atoms with Gasteiger partial charge in [0.15, 0.2) is 5.69 Å². The van der Waals surface area contributed by atoms with Crippen LogP contribution in [0.1, 0.15) is 28.5 Å². The van der Waals surface area contributed by atoms with Crippen LogP contribution in [0.4, 0.5) is 0 Å². The summed E-state index contributed by atoms with van der Waals surface area (Å²) in [5.74, 6) is -0.450. The minimum atomic E-state index is -0.450. The predicted octanol–water partition coefficient (Wildman–Crippen LogP) is 2.65.